The largest absolute Gasteiger partial charge is 0.336 e. The molecule has 0 saturated heterocycles. The van der Waals surface area contributed by atoms with Gasteiger partial charge in [-0.05, 0) is 31.2 Å². The van der Waals surface area contributed by atoms with Crippen LogP contribution in [0.5, 0.6) is 0 Å². The number of hydrogen-bond donors (Lipinski definition) is 2. The normalized spacial score (nSPS) is 10.8. The van der Waals surface area contributed by atoms with E-state index in [0.717, 1.165) is 22.6 Å². The van der Waals surface area contributed by atoms with Gasteiger partial charge in [-0.2, -0.15) is 0 Å². The van der Waals surface area contributed by atoms with Gasteiger partial charge in [-0.15, -0.1) is 0 Å². The molecule has 0 spiro atoms. The van der Waals surface area contributed by atoms with E-state index in [1.54, 1.807) is 18.3 Å². The lowest BCUT2D eigenvalue weighted by atomic mass is 10.1. The van der Waals surface area contributed by atoms with Gasteiger partial charge in [0, 0.05) is 24.8 Å². The van der Waals surface area contributed by atoms with Crippen LogP contribution < -0.4 is 10.6 Å². The van der Waals surface area contributed by atoms with Gasteiger partial charge in [0.2, 0.25) is 0 Å². The van der Waals surface area contributed by atoms with Crippen LogP contribution in [-0.2, 0) is 6.54 Å². The number of carbonyl (C=O) groups is 1. The van der Waals surface area contributed by atoms with Gasteiger partial charge < -0.3 is 15.2 Å². The van der Waals surface area contributed by atoms with Crippen LogP contribution in [0, 0.1) is 12.7 Å². The number of fused-ring (bicyclic) bond motifs is 1. The number of para-hydroxylation sites is 1. The third kappa shape index (κ3) is 4.08. The van der Waals surface area contributed by atoms with Crippen molar-refractivity contribution < 1.29 is 9.18 Å². The first-order valence-electron chi connectivity index (χ1n) is 9.29. The Hall–Kier alpha value is -3.74. The third-order valence-electron chi connectivity index (χ3n) is 4.56. The van der Waals surface area contributed by atoms with Crippen LogP contribution >= 0.6 is 0 Å². The number of aromatic nitrogens is 3. The number of halogens is 1. The smallest absolute Gasteiger partial charge is 0.319 e. The number of rotatable bonds is 5. The fourth-order valence-corrected chi connectivity index (χ4v) is 3.10. The quantitative estimate of drug-likeness (QED) is 0.532. The van der Waals surface area contributed by atoms with Crippen LogP contribution in [0.2, 0.25) is 0 Å². The Balaban J connectivity index is 1.51. The lowest BCUT2D eigenvalue weighted by Gasteiger charge is -2.11. The molecule has 4 aromatic rings. The van der Waals surface area contributed by atoms with Gasteiger partial charge in [0.15, 0.2) is 5.65 Å². The number of carbonyl (C=O) groups excluding carboxylic acids is 1. The average Bonchev–Trinajstić information content (AvgIpc) is 3.09. The van der Waals surface area contributed by atoms with Crippen molar-refractivity contribution in [2.45, 2.75) is 13.5 Å². The maximum Gasteiger partial charge on any atom is 0.319 e. The minimum absolute atomic E-state index is 0.139. The molecule has 0 fully saturated rings. The van der Waals surface area contributed by atoms with Gasteiger partial charge >= 0.3 is 6.03 Å². The summed E-state index contributed by atoms with van der Waals surface area (Å²) < 4.78 is 15.7. The van der Waals surface area contributed by atoms with Crippen molar-refractivity contribution >= 4 is 22.9 Å². The van der Waals surface area contributed by atoms with Crippen molar-refractivity contribution in [3.8, 4) is 11.4 Å². The summed E-state index contributed by atoms with van der Waals surface area (Å²) in [5.41, 5.74) is 3.82. The van der Waals surface area contributed by atoms with E-state index in [4.69, 9.17) is 4.98 Å². The highest BCUT2D eigenvalue weighted by molar-refractivity contribution is 5.89. The molecule has 29 heavy (non-hydrogen) atoms. The van der Waals surface area contributed by atoms with E-state index in [1.807, 2.05) is 47.9 Å². The van der Waals surface area contributed by atoms with Crippen molar-refractivity contribution in [1.29, 1.82) is 0 Å². The van der Waals surface area contributed by atoms with Crippen molar-refractivity contribution in [1.82, 2.24) is 19.9 Å². The summed E-state index contributed by atoms with van der Waals surface area (Å²) in [6.07, 6.45) is 1.72. The molecule has 0 saturated carbocycles. The highest BCUT2D eigenvalue weighted by Crippen LogP contribution is 2.23. The minimum atomic E-state index is -0.478. The number of pyridine rings is 1. The first-order valence-corrected chi connectivity index (χ1v) is 9.29. The molecule has 7 heteroatoms. The maximum absolute atomic E-state index is 13.7. The van der Waals surface area contributed by atoms with Gasteiger partial charge in [-0.3, -0.25) is 0 Å². The third-order valence-corrected chi connectivity index (χ3v) is 4.56. The molecule has 0 unspecified atom stereocenters. The number of aryl methyl sites for hydroxylation is 1. The van der Waals surface area contributed by atoms with E-state index in [1.165, 1.54) is 17.7 Å². The highest BCUT2D eigenvalue weighted by atomic mass is 19.1. The SMILES string of the molecule is Cc1ccc(-c2nc3cccnc3n2CCNC(=O)Nc2ccccc2F)cc1. The molecule has 2 heterocycles. The summed E-state index contributed by atoms with van der Waals surface area (Å²) in [4.78, 5) is 21.3. The molecule has 0 atom stereocenters. The Morgan fingerprint density at radius 3 is 2.66 bits per heavy atom. The summed E-state index contributed by atoms with van der Waals surface area (Å²) in [6, 6.07) is 17.4. The Bertz CT molecular complexity index is 1150. The first-order chi connectivity index (χ1) is 14.1. The number of nitrogens with one attached hydrogen (secondary N) is 2. The van der Waals surface area contributed by atoms with Crippen LogP contribution in [0.4, 0.5) is 14.9 Å². The van der Waals surface area contributed by atoms with E-state index in [9.17, 15) is 9.18 Å². The van der Waals surface area contributed by atoms with Crippen LogP contribution in [0.25, 0.3) is 22.6 Å². The second kappa shape index (κ2) is 8.10. The standard InChI is InChI=1S/C22H20FN5O/c1-15-8-10-16(11-9-15)20-26-19-7-4-12-24-21(19)28(20)14-13-25-22(29)27-18-6-3-2-5-17(18)23/h2-12H,13-14H2,1H3,(H2,25,27,29). The van der Waals surface area contributed by atoms with Gasteiger partial charge in [0.1, 0.15) is 17.2 Å². The number of amides is 2. The zero-order chi connectivity index (χ0) is 20.2. The first kappa shape index (κ1) is 18.6. The number of urea groups is 1. The van der Waals surface area contributed by atoms with Gasteiger partial charge in [-0.1, -0.05) is 42.0 Å². The van der Waals surface area contributed by atoms with E-state index >= 15 is 0 Å². The summed E-state index contributed by atoms with van der Waals surface area (Å²) in [6.45, 7) is 2.84. The van der Waals surface area contributed by atoms with Crippen molar-refractivity contribution in [3.63, 3.8) is 0 Å². The Kier molecular flexibility index (Phi) is 5.20. The molecule has 146 valence electrons. The fraction of sp³-hybridized carbons (Fsp3) is 0.136. The second-order valence-electron chi connectivity index (χ2n) is 6.66. The van der Waals surface area contributed by atoms with Crippen LogP contribution in [0.3, 0.4) is 0 Å². The van der Waals surface area contributed by atoms with Crippen LogP contribution in [0.15, 0.2) is 66.9 Å². The number of benzene rings is 2. The van der Waals surface area contributed by atoms with Crippen molar-refractivity contribution in [3.05, 3.63) is 78.2 Å². The summed E-state index contributed by atoms with van der Waals surface area (Å²) in [5, 5.41) is 5.27. The Morgan fingerprint density at radius 2 is 1.86 bits per heavy atom. The summed E-state index contributed by atoms with van der Waals surface area (Å²) in [5.74, 6) is 0.309. The molecule has 2 aromatic carbocycles. The van der Waals surface area contributed by atoms with E-state index < -0.39 is 11.8 Å². The molecule has 0 aliphatic heterocycles. The van der Waals surface area contributed by atoms with Crippen LogP contribution in [0.1, 0.15) is 5.56 Å². The zero-order valence-corrected chi connectivity index (χ0v) is 15.9. The fourth-order valence-electron chi connectivity index (χ4n) is 3.10. The van der Waals surface area contributed by atoms with Gasteiger partial charge in [-0.25, -0.2) is 19.2 Å². The molecule has 2 amide bonds. The summed E-state index contributed by atoms with van der Waals surface area (Å²) in [7, 11) is 0. The molecule has 0 bridgehead atoms. The highest BCUT2D eigenvalue weighted by Gasteiger charge is 2.14. The van der Waals surface area contributed by atoms with E-state index in [2.05, 4.69) is 15.6 Å². The lowest BCUT2D eigenvalue weighted by Crippen LogP contribution is -2.31. The molecule has 6 nitrogen and oxygen atoms in total. The molecule has 0 aliphatic carbocycles. The van der Waals surface area contributed by atoms with Crippen molar-refractivity contribution in [2.75, 3.05) is 11.9 Å². The van der Waals surface area contributed by atoms with E-state index in [0.29, 0.717) is 13.1 Å². The molecule has 2 N–H and O–H groups in total. The monoisotopic (exact) mass is 389 g/mol. The predicted octanol–water partition coefficient (Wildman–Crippen LogP) is 4.37. The minimum Gasteiger partial charge on any atom is -0.336 e. The topological polar surface area (TPSA) is 71.8 Å². The molecular formula is C22H20FN5O. The van der Waals surface area contributed by atoms with Crippen molar-refractivity contribution in [2.24, 2.45) is 0 Å². The van der Waals surface area contributed by atoms with E-state index in [-0.39, 0.29) is 5.69 Å². The maximum atomic E-state index is 13.7. The Morgan fingerprint density at radius 1 is 1.07 bits per heavy atom. The summed E-state index contributed by atoms with van der Waals surface area (Å²) >= 11 is 0. The Labute approximate surface area is 167 Å². The van der Waals surface area contributed by atoms with Gasteiger partial charge in [0.25, 0.3) is 0 Å². The molecule has 0 radical (unpaired) electrons. The molecule has 4 rings (SSSR count). The molecule has 2 aromatic heterocycles. The number of imidazole rings is 1. The average molecular weight is 389 g/mol. The molecular weight excluding hydrogens is 369 g/mol. The number of hydrogen-bond acceptors (Lipinski definition) is 3. The number of nitrogens with zero attached hydrogens (tertiary/aromatic N) is 3. The van der Waals surface area contributed by atoms with Crippen LogP contribution in [-0.4, -0.2) is 27.1 Å². The second-order valence-corrected chi connectivity index (χ2v) is 6.66. The lowest BCUT2D eigenvalue weighted by molar-refractivity contribution is 0.251. The zero-order valence-electron chi connectivity index (χ0n) is 15.9. The predicted molar refractivity (Wildman–Crippen MR) is 111 cm³/mol. The number of anilines is 1. The molecule has 0 aliphatic rings. The van der Waals surface area contributed by atoms with Gasteiger partial charge in [0.05, 0.1) is 5.69 Å².